The lowest BCUT2D eigenvalue weighted by Gasteiger charge is -2.17. The number of fused-ring (bicyclic) bond motifs is 1. The average Bonchev–Trinajstić information content (AvgIpc) is 2.96. The minimum absolute atomic E-state index is 0.0588. The fourth-order valence-electron chi connectivity index (χ4n) is 2.42. The molecule has 0 saturated carbocycles. The predicted octanol–water partition coefficient (Wildman–Crippen LogP) is 2.51. The van der Waals surface area contributed by atoms with Crippen LogP contribution in [0.2, 0.25) is 0 Å². The smallest absolute Gasteiger partial charge is 0.256 e. The van der Waals surface area contributed by atoms with Gasteiger partial charge in [0.2, 0.25) is 0 Å². The Kier molecular flexibility index (Phi) is 3.87. The van der Waals surface area contributed by atoms with Crippen molar-refractivity contribution in [3.05, 3.63) is 60.3 Å². The second-order valence-electron chi connectivity index (χ2n) is 5.31. The number of aromatic nitrogens is 3. The van der Waals surface area contributed by atoms with Gasteiger partial charge in [0, 0.05) is 44.2 Å². The van der Waals surface area contributed by atoms with Gasteiger partial charge in [0.1, 0.15) is 5.82 Å². The molecule has 1 amide bonds. The second-order valence-corrected chi connectivity index (χ2v) is 5.31. The molecular weight excluding hydrogens is 276 g/mol. The molecule has 0 aliphatic rings. The fraction of sp³-hybridized carbons (Fsp3) is 0.235. The number of hydrogen-bond acceptors (Lipinski definition) is 3. The Bertz CT molecular complexity index is 792. The lowest BCUT2D eigenvalue weighted by molar-refractivity contribution is 0.0790. The molecular formula is C17H18N4O. The third-order valence-electron chi connectivity index (χ3n) is 3.73. The summed E-state index contributed by atoms with van der Waals surface area (Å²) in [6.07, 6.45) is 5.20. The number of hydrogen-bond donors (Lipinski definition) is 0. The number of para-hydroxylation sites is 1. The number of likely N-dealkylation sites (N-methyl/N-ethyl adjacent to an activating group) is 1. The van der Waals surface area contributed by atoms with Crippen LogP contribution in [0.1, 0.15) is 16.2 Å². The molecule has 0 aliphatic heterocycles. The van der Waals surface area contributed by atoms with Gasteiger partial charge >= 0.3 is 0 Å². The summed E-state index contributed by atoms with van der Waals surface area (Å²) in [5.74, 6) is 0.606. The molecule has 0 unspecified atom stereocenters. The number of aryl methyl sites for hydroxylation is 1. The van der Waals surface area contributed by atoms with E-state index in [0.717, 1.165) is 6.54 Å². The van der Waals surface area contributed by atoms with E-state index in [2.05, 4.69) is 38.9 Å². The van der Waals surface area contributed by atoms with Gasteiger partial charge in [-0.25, -0.2) is 9.97 Å². The van der Waals surface area contributed by atoms with Crippen LogP contribution in [0.5, 0.6) is 0 Å². The lowest BCUT2D eigenvalue weighted by atomic mass is 10.2. The number of rotatable bonds is 4. The molecule has 0 N–H and O–H groups in total. The van der Waals surface area contributed by atoms with Gasteiger partial charge in [0.05, 0.1) is 5.56 Å². The second kappa shape index (κ2) is 5.97. The summed E-state index contributed by atoms with van der Waals surface area (Å²) in [4.78, 5) is 22.2. The molecule has 0 radical (unpaired) electrons. The summed E-state index contributed by atoms with van der Waals surface area (Å²) in [5.41, 5.74) is 1.70. The molecule has 0 spiro atoms. The Hall–Kier alpha value is -2.69. The Balaban J connectivity index is 1.68. The average molecular weight is 294 g/mol. The zero-order valence-corrected chi connectivity index (χ0v) is 12.7. The molecule has 0 bridgehead atoms. The molecule has 5 heteroatoms. The van der Waals surface area contributed by atoms with Gasteiger partial charge in [-0.15, -0.1) is 0 Å². The molecule has 3 rings (SSSR count). The summed E-state index contributed by atoms with van der Waals surface area (Å²) >= 11 is 0. The molecule has 1 aromatic carbocycles. The number of nitrogens with zero attached hydrogens (tertiary/aromatic N) is 4. The van der Waals surface area contributed by atoms with E-state index in [1.54, 1.807) is 31.3 Å². The van der Waals surface area contributed by atoms with Crippen molar-refractivity contribution in [2.75, 3.05) is 13.6 Å². The van der Waals surface area contributed by atoms with E-state index in [0.29, 0.717) is 17.9 Å². The zero-order chi connectivity index (χ0) is 15.5. The van der Waals surface area contributed by atoms with E-state index in [-0.39, 0.29) is 5.91 Å². The van der Waals surface area contributed by atoms with Gasteiger partial charge in [0.25, 0.3) is 5.91 Å². The van der Waals surface area contributed by atoms with Crippen LogP contribution in [-0.4, -0.2) is 38.9 Å². The van der Waals surface area contributed by atoms with Crippen LogP contribution in [0.4, 0.5) is 0 Å². The first kappa shape index (κ1) is 14.3. The van der Waals surface area contributed by atoms with E-state index >= 15 is 0 Å². The van der Waals surface area contributed by atoms with Crippen molar-refractivity contribution < 1.29 is 4.79 Å². The first-order valence-corrected chi connectivity index (χ1v) is 7.23. The minimum atomic E-state index is -0.0588. The maximum atomic E-state index is 12.3. The van der Waals surface area contributed by atoms with Gasteiger partial charge < -0.3 is 9.47 Å². The number of carbonyl (C=O) groups is 1. The van der Waals surface area contributed by atoms with Crippen LogP contribution in [0, 0.1) is 6.92 Å². The minimum Gasteiger partial charge on any atom is -0.346 e. The van der Waals surface area contributed by atoms with Crippen molar-refractivity contribution in [2.45, 2.75) is 13.5 Å². The van der Waals surface area contributed by atoms with Crippen molar-refractivity contribution in [3.8, 4) is 0 Å². The van der Waals surface area contributed by atoms with Gasteiger partial charge in [-0.3, -0.25) is 4.79 Å². The first-order chi connectivity index (χ1) is 10.6. The summed E-state index contributed by atoms with van der Waals surface area (Å²) < 4.78 is 2.16. The Labute approximate surface area is 129 Å². The van der Waals surface area contributed by atoms with Gasteiger partial charge in [0.15, 0.2) is 0 Å². The first-order valence-electron chi connectivity index (χ1n) is 7.23. The monoisotopic (exact) mass is 294 g/mol. The van der Waals surface area contributed by atoms with E-state index in [1.807, 2.05) is 12.1 Å². The number of benzene rings is 1. The maximum Gasteiger partial charge on any atom is 0.256 e. The van der Waals surface area contributed by atoms with Crippen LogP contribution < -0.4 is 0 Å². The van der Waals surface area contributed by atoms with Crippen molar-refractivity contribution in [3.63, 3.8) is 0 Å². The van der Waals surface area contributed by atoms with Gasteiger partial charge in [-0.2, -0.15) is 0 Å². The Morgan fingerprint density at radius 2 is 1.91 bits per heavy atom. The Morgan fingerprint density at radius 3 is 2.68 bits per heavy atom. The molecule has 0 saturated heterocycles. The topological polar surface area (TPSA) is 51.0 Å². The molecule has 0 aliphatic carbocycles. The van der Waals surface area contributed by atoms with E-state index in [4.69, 9.17) is 0 Å². The van der Waals surface area contributed by atoms with Crippen LogP contribution >= 0.6 is 0 Å². The molecule has 3 aromatic rings. The SMILES string of the molecule is Cc1ncc(C(=O)N(C)CCn2ccc3ccccc32)cn1. The molecule has 112 valence electrons. The van der Waals surface area contributed by atoms with Crippen LogP contribution in [0.3, 0.4) is 0 Å². The largest absolute Gasteiger partial charge is 0.346 e. The van der Waals surface area contributed by atoms with E-state index in [1.165, 1.54) is 10.9 Å². The van der Waals surface area contributed by atoms with Crippen molar-refractivity contribution in [1.29, 1.82) is 0 Å². The highest BCUT2D eigenvalue weighted by molar-refractivity contribution is 5.93. The molecule has 2 heterocycles. The summed E-state index contributed by atoms with van der Waals surface area (Å²) in [5, 5.41) is 1.21. The van der Waals surface area contributed by atoms with Crippen molar-refractivity contribution in [2.24, 2.45) is 0 Å². The molecule has 5 nitrogen and oxygen atoms in total. The summed E-state index contributed by atoms with van der Waals surface area (Å²) in [7, 11) is 1.80. The predicted molar refractivity (Wildman–Crippen MR) is 85.7 cm³/mol. The standard InChI is InChI=1S/C17H18N4O/c1-13-18-11-15(12-19-13)17(22)20(2)9-10-21-8-7-14-5-3-4-6-16(14)21/h3-8,11-12H,9-10H2,1-2H3. The molecule has 2 aromatic heterocycles. The van der Waals surface area contributed by atoms with Gasteiger partial charge in [-0.1, -0.05) is 18.2 Å². The van der Waals surface area contributed by atoms with Crippen LogP contribution in [0.25, 0.3) is 10.9 Å². The van der Waals surface area contributed by atoms with Crippen molar-refractivity contribution >= 4 is 16.8 Å². The quantitative estimate of drug-likeness (QED) is 0.743. The van der Waals surface area contributed by atoms with Crippen LogP contribution in [-0.2, 0) is 6.54 Å². The molecule has 0 fully saturated rings. The summed E-state index contributed by atoms with van der Waals surface area (Å²) in [6, 6.07) is 10.3. The van der Waals surface area contributed by atoms with Crippen LogP contribution in [0.15, 0.2) is 48.9 Å². The fourth-order valence-corrected chi connectivity index (χ4v) is 2.42. The third-order valence-corrected chi connectivity index (χ3v) is 3.73. The zero-order valence-electron chi connectivity index (χ0n) is 12.7. The lowest BCUT2D eigenvalue weighted by Crippen LogP contribution is -2.30. The maximum absolute atomic E-state index is 12.3. The number of amides is 1. The van der Waals surface area contributed by atoms with Gasteiger partial charge in [-0.05, 0) is 24.4 Å². The highest BCUT2D eigenvalue weighted by Gasteiger charge is 2.12. The Morgan fingerprint density at radius 1 is 1.18 bits per heavy atom. The third kappa shape index (κ3) is 2.83. The highest BCUT2D eigenvalue weighted by atomic mass is 16.2. The molecule has 0 atom stereocenters. The normalized spacial score (nSPS) is 10.8. The van der Waals surface area contributed by atoms with E-state index in [9.17, 15) is 4.79 Å². The number of carbonyl (C=O) groups excluding carboxylic acids is 1. The van der Waals surface area contributed by atoms with E-state index < -0.39 is 0 Å². The highest BCUT2D eigenvalue weighted by Crippen LogP contribution is 2.15. The summed E-state index contributed by atoms with van der Waals surface area (Å²) in [6.45, 7) is 3.18. The van der Waals surface area contributed by atoms with Crippen molar-refractivity contribution in [1.82, 2.24) is 19.4 Å². The molecule has 22 heavy (non-hydrogen) atoms.